The second-order valence-electron chi connectivity index (χ2n) is 8.42. The van der Waals surface area contributed by atoms with Gasteiger partial charge in [-0.15, -0.1) is 0 Å². The number of amides is 2. The number of aryl methyl sites for hydroxylation is 1. The Hall–Kier alpha value is -2.61. The molecule has 0 radical (unpaired) electrons. The van der Waals surface area contributed by atoms with E-state index in [0.717, 1.165) is 29.1 Å². The number of carbonyl (C=O) groups excluding carboxylic acids is 1. The molecule has 0 aromatic carbocycles. The standard InChI is InChI=1S/C21H29N5O3/c1-14(2)9-23-20(27)26-7-6-21(12-26)13-28-11-17-15(3)24-19(25-18(17)21)22-10-16-5-4-8-29-16/h4-5,8,14H,6-7,9-13H2,1-3H3,(H,23,27)(H,22,24,25)/t21-/m0/s1. The quantitative estimate of drug-likeness (QED) is 0.803. The fraction of sp³-hybridized carbons (Fsp3) is 0.571. The minimum absolute atomic E-state index is 0.00959. The molecule has 8 heteroatoms. The van der Waals surface area contributed by atoms with Crippen molar-refractivity contribution in [2.45, 2.75) is 45.8 Å². The number of anilines is 1. The lowest BCUT2D eigenvalue weighted by Crippen LogP contribution is -2.45. The third-order valence-electron chi connectivity index (χ3n) is 5.64. The SMILES string of the molecule is Cc1nc(NCc2ccco2)nc2c1COC[C@@]21CCN(C(=O)NCC(C)C)C1. The second kappa shape index (κ2) is 8.02. The van der Waals surface area contributed by atoms with E-state index in [4.69, 9.17) is 14.1 Å². The zero-order chi connectivity index (χ0) is 20.4. The molecule has 156 valence electrons. The summed E-state index contributed by atoms with van der Waals surface area (Å²) in [5.41, 5.74) is 2.69. The normalized spacial score (nSPS) is 20.9. The molecule has 2 aromatic heterocycles. The summed E-state index contributed by atoms with van der Waals surface area (Å²) in [6.07, 6.45) is 2.49. The van der Waals surface area contributed by atoms with E-state index in [0.29, 0.717) is 51.3 Å². The molecule has 2 aliphatic heterocycles. The van der Waals surface area contributed by atoms with Crippen LogP contribution in [0.2, 0.25) is 0 Å². The van der Waals surface area contributed by atoms with Crippen LogP contribution >= 0.6 is 0 Å². The number of nitrogens with one attached hydrogen (secondary N) is 2. The second-order valence-corrected chi connectivity index (χ2v) is 8.42. The van der Waals surface area contributed by atoms with Crippen molar-refractivity contribution in [3.63, 3.8) is 0 Å². The summed E-state index contributed by atoms with van der Waals surface area (Å²) in [6, 6.07) is 3.77. The molecule has 0 saturated carbocycles. The van der Waals surface area contributed by atoms with Crippen LogP contribution in [0.15, 0.2) is 22.8 Å². The maximum Gasteiger partial charge on any atom is 0.317 e. The Kier molecular flexibility index (Phi) is 5.45. The first-order valence-electron chi connectivity index (χ1n) is 10.2. The van der Waals surface area contributed by atoms with Crippen LogP contribution in [0.5, 0.6) is 0 Å². The van der Waals surface area contributed by atoms with Gasteiger partial charge in [0, 0.05) is 30.9 Å². The largest absolute Gasteiger partial charge is 0.467 e. The van der Waals surface area contributed by atoms with Crippen LogP contribution in [0, 0.1) is 12.8 Å². The van der Waals surface area contributed by atoms with Crippen LogP contribution in [0.25, 0.3) is 0 Å². The Labute approximate surface area is 171 Å². The number of likely N-dealkylation sites (tertiary alicyclic amines) is 1. The van der Waals surface area contributed by atoms with E-state index in [2.05, 4.69) is 29.5 Å². The number of rotatable bonds is 5. The number of hydrogen-bond acceptors (Lipinski definition) is 6. The third kappa shape index (κ3) is 4.07. The molecule has 1 spiro atoms. The summed E-state index contributed by atoms with van der Waals surface area (Å²) in [7, 11) is 0. The molecule has 0 unspecified atom stereocenters. The summed E-state index contributed by atoms with van der Waals surface area (Å²) in [5, 5.41) is 6.28. The van der Waals surface area contributed by atoms with Crippen molar-refractivity contribution in [1.29, 1.82) is 0 Å². The Bertz CT molecular complexity index is 867. The predicted molar refractivity (Wildman–Crippen MR) is 109 cm³/mol. The maximum absolute atomic E-state index is 12.6. The summed E-state index contributed by atoms with van der Waals surface area (Å²) >= 11 is 0. The predicted octanol–water partition coefficient (Wildman–Crippen LogP) is 2.83. The highest BCUT2D eigenvalue weighted by atomic mass is 16.5. The van der Waals surface area contributed by atoms with Crippen LogP contribution in [0.4, 0.5) is 10.7 Å². The van der Waals surface area contributed by atoms with Crippen LogP contribution < -0.4 is 10.6 Å². The first-order chi connectivity index (χ1) is 14.0. The van der Waals surface area contributed by atoms with Crippen molar-refractivity contribution in [2.75, 3.05) is 31.6 Å². The fourth-order valence-corrected chi connectivity index (χ4v) is 4.04. The van der Waals surface area contributed by atoms with Crippen LogP contribution in [-0.2, 0) is 23.3 Å². The van der Waals surface area contributed by atoms with E-state index >= 15 is 0 Å². The van der Waals surface area contributed by atoms with Gasteiger partial charge in [0.15, 0.2) is 0 Å². The van der Waals surface area contributed by atoms with E-state index in [9.17, 15) is 4.79 Å². The summed E-state index contributed by atoms with van der Waals surface area (Å²) in [4.78, 5) is 23.9. The van der Waals surface area contributed by atoms with Gasteiger partial charge in [-0.05, 0) is 31.4 Å². The third-order valence-corrected chi connectivity index (χ3v) is 5.64. The average Bonchev–Trinajstić information content (AvgIpc) is 3.36. The summed E-state index contributed by atoms with van der Waals surface area (Å²) in [5.74, 6) is 1.84. The van der Waals surface area contributed by atoms with Gasteiger partial charge in [-0.3, -0.25) is 0 Å². The number of urea groups is 1. The van der Waals surface area contributed by atoms with Crippen molar-refractivity contribution < 1.29 is 13.9 Å². The first kappa shape index (κ1) is 19.7. The van der Waals surface area contributed by atoms with Crippen LogP contribution in [0.3, 0.4) is 0 Å². The number of carbonyl (C=O) groups is 1. The molecular formula is C21H29N5O3. The Balaban J connectivity index is 1.54. The van der Waals surface area contributed by atoms with E-state index in [1.807, 2.05) is 24.0 Å². The van der Waals surface area contributed by atoms with Gasteiger partial charge in [0.2, 0.25) is 5.95 Å². The molecule has 0 bridgehead atoms. The zero-order valence-corrected chi connectivity index (χ0v) is 17.3. The van der Waals surface area contributed by atoms with Gasteiger partial charge >= 0.3 is 6.03 Å². The van der Waals surface area contributed by atoms with Gasteiger partial charge < -0.3 is 24.7 Å². The Morgan fingerprint density at radius 1 is 1.38 bits per heavy atom. The number of furan rings is 1. The molecule has 2 N–H and O–H groups in total. The molecular weight excluding hydrogens is 370 g/mol. The van der Waals surface area contributed by atoms with Gasteiger partial charge in [-0.25, -0.2) is 14.8 Å². The van der Waals surface area contributed by atoms with Crippen molar-refractivity contribution >= 4 is 12.0 Å². The van der Waals surface area contributed by atoms with E-state index in [-0.39, 0.29) is 11.4 Å². The minimum Gasteiger partial charge on any atom is -0.467 e. The molecule has 2 amide bonds. The highest BCUT2D eigenvalue weighted by Gasteiger charge is 2.46. The molecule has 8 nitrogen and oxygen atoms in total. The number of ether oxygens (including phenoxy) is 1. The van der Waals surface area contributed by atoms with E-state index < -0.39 is 0 Å². The van der Waals surface area contributed by atoms with Crippen molar-refractivity contribution in [1.82, 2.24) is 20.2 Å². The highest BCUT2D eigenvalue weighted by Crippen LogP contribution is 2.40. The van der Waals surface area contributed by atoms with Gasteiger partial charge in [-0.1, -0.05) is 13.8 Å². The van der Waals surface area contributed by atoms with Crippen LogP contribution in [0.1, 0.15) is 43.0 Å². The zero-order valence-electron chi connectivity index (χ0n) is 17.3. The molecule has 4 heterocycles. The smallest absolute Gasteiger partial charge is 0.317 e. The van der Waals surface area contributed by atoms with Gasteiger partial charge in [0.05, 0.1) is 37.1 Å². The molecule has 2 aromatic rings. The highest BCUT2D eigenvalue weighted by molar-refractivity contribution is 5.74. The van der Waals surface area contributed by atoms with Crippen LogP contribution in [-0.4, -0.2) is 47.1 Å². The summed E-state index contributed by atoms with van der Waals surface area (Å²) < 4.78 is 11.3. The topological polar surface area (TPSA) is 92.5 Å². The lowest BCUT2D eigenvalue weighted by Gasteiger charge is -2.35. The van der Waals surface area contributed by atoms with Crippen molar-refractivity contribution in [3.05, 3.63) is 41.1 Å². The lowest BCUT2D eigenvalue weighted by atomic mass is 9.80. The minimum atomic E-state index is -0.280. The Morgan fingerprint density at radius 3 is 3.00 bits per heavy atom. The van der Waals surface area contributed by atoms with Crippen molar-refractivity contribution in [2.24, 2.45) is 5.92 Å². The summed E-state index contributed by atoms with van der Waals surface area (Å²) in [6.45, 7) is 9.77. The molecule has 2 aliphatic rings. The molecule has 0 aliphatic carbocycles. The fourth-order valence-electron chi connectivity index (χ4n) is 4.04. The van der Waals surface area contributed by atoms with Gasteiger partial charge in [0.25, 0.3) is 0 Å². The average molecular weight is 399 g/mol. The van der Waals surface area contributed by atoms with Gasteiger partial charge in [0.1, 0.15) is 5.76 Å². The van der Waals surface area contributed by atoms with Gasteiger partial charge in [-0.2, -0.15) is 0 Å². The molecule has 1 atom stereocenters. The maximum atomic E-state index is 12.6. The molecule has 1 saturated heterocycles. The van der Waals surface area contributed by atoms with E-state index in [1.165, 1.54) is 0 Å². The molecule has 1 fully saturated rings. The lowest BCUT2D eigenvalue weighted by molar-refractivity contribution is 0.0514. The first-order valence-corrected chi connectivity index (χ1v) is 10.2. The number of aromatic nitrogens is 2. The van der Waals surface area contributed by atoms with Crippen molar-refractivity contribution in [3.8, 4) is 0 Å². The Morgan fingerprint density at radius 2 is 2.24 bits per heavy atom. The van der Waals surface area contributed by atoms with E-state index in [1.54, 1.807) is 6.26 Å². The molecule has 29 heavy (non-hydrogen) atoms. The number of hydrogen-bond donors (Lipinski definition) is 2. The monoisotopic (exact) mass is 399 g/mol. The number of nitrogens with zero attached hydrogens (tertiary/aromatic N) is 3. The number of fused-ring (bicyclic) bond motifs is 2. The molecule has 4 rings (SSSR count).